The Bertz CT molecular complexity index is 575. The number of rotatable bonds is 5. The van der Waals surface area contributed by atoms with Crippen molar-refractivity contribution in [3.8, 4) is 23.2 Å². The fraction of sp³-hybridized carbons (Fsp3) is 0.143. The van der Waals surface area contributed by atoms with Crippen molar-refractivity contribution in [1.82, 2.24) is 4.57 Å². The minimum absolute atomic E-state index is 0.0621. The smallest absolute Gasteiger partial charge is 0.203 e. The van der Waals surface area contributed by atoms with Gasteiger partial charge >= 0.3 is 0 Å². The molecule has 2 rings (SSSR count). The van der Waals surface area contributed by atoms with Crippen LogP contribution in [0.25, 0.3) is 5.69 Å². The van der Waals surface area contributed by atoms with Crippen LogP contribution in [-0.2, 0) is 5.88 Å². The first-order chi connectivity index (χ1) is 9.17. The molecule has 0 fully saturated rings. The van der Waals surface area contributed by atoms with Crippen LogP contribution in [0.5, 0.6) is 17.5 Å². The van der Waals surface area contributed by atoms with Crippen molar-refractivity contribution in [3.05, 3.63) is 48.6 Å². The average molecular weight is 280 g/mol. The van der Waals surface area contributed by atoms with E-state index in [1.807, 2.05) is 0 Å². The van der Waals surface area contributed by atoms with Crippen molar-refractivity contribution in [2.45, 2.75) is 5.88 Å². The molecule has 0 amide bonds. The van der Waals surface area contributed by atoms with Gasteiger partial charge in [-0.3, -0.25) is 4.57 Å². The Kier molecular flexibility index (Phi) is 4.02. The van der Waals surface area contributed by atoms with Crippen molar-refractivity contribution in [2.24, 2.45) is 0 Å². The van der Waals surface area contributed by atoms with Gasteiger partial charge in [0.2, 0.25) is 5.88 Å². The molecule has 0 atom stereocenters. The van der Waals surface area contributed by atoms with Crippen LogP contribution in [0, 0.1) is 0 Å². The maximum absolute atomic E-state index is 9.95. The minimum Gasteiger partial charge on any atom is -0.494 e. The van der Waals surface area contributed by atoms with E-state index in [0.717, 1.165) is 0 Å². The van der Waals surface area contributed by atoms with E-state index in [-0.39, 0.29) is 17.6 Å². The lowest BCUT2D eigenvalue weighted by molar-refractivity contribution is 0.363. The SMILES string of the molecule is C=CCOc1ccc(-n2c(O)cc(CCl)c2O)cc1. The van der Waals surface area contributed by atoms with Crippen molar-refractivity contribution in [2.75, 3.05) is 6.61 Å². The second-order valence-electron chi connectivity index (χ2n) is 3.91. The average Bonchev–Trinajstić information content (AvgIpc) is 2.72. The van der Waals surface area contributed by atoms with Gasteiger partial charge in [-0.1, -0.05) is 12.7 Å². The molecule has 19 heavy (non-hydrogen) atoms. The molecule has 1 aromatic carbocycles. The molecule has 1 aromatic heterocycles. The minimum atomic E-state index is -0.0627. The Balaban J connectivity index is 2.32. The van der Waals surface area contributed by atoms with Gasteiger partial charge in [0.05, 0.1) is 11.6 Å². The van der Waals surface area contributed by atoms with E-state index in [0.29, 0.717) is 23.6 Å². The van der Waals surface area contributed by atoms with Crippen molar-refractivity contribution in [3.63, 3.8) is 0 Å². The highest BCUT2D eigenvalue weighted by Gasteiger charge is 2.14. The highest BCUT2D eigenvalue weighted by Crippen LogP contribution is 2.32. The van der Waals surface area contributed by atoms with E-state index in [4.69, 9.17) is 16.3 Å². The van der Waals surface area contributed by atoms with Crippen LogP contribution in [0.3, 0.4) is 0 Å². The zero-order valence-electron chi connectivity index (χ0n) is 10.2. The van der Waals surface area contributed by atoms with Gasteiger partial charge in [0.25, 0.3) is 0 Å². The summed E-state index contributed by atoms with van der Waals surface area (Å²) >= 11 is 5.67. The van der Waals surface area contributed by atoms with Gasteiger partial charge in [-0.25, -0.2) is 0 Å². The number of aromatic hydroxyl groups is 2. The predicted molar refractivity (Wildman–Crippen MR) is 74.3 cm³/mol. The molecule has 0 bridgehead atoms. The summed E-state index contributed by atoms with van der Waals surface area (Å²) in [6.45, 7) is 3.99. The van der Waals surface area contributed by atoms with Crippen molar-refractivity contribution < 1.29 is 14.9 Å². The largest absolute Gasteiger partial charge is 0.494 e. The molecule has 1 heterocycles. The fourth-order valence-electron chi connectivity index (χ4n) is 1.74. The van der Waals surface area contributed by atoms with Crippen LogP contribution in [-0.4, -0.2) is 21.4 Å². The Morgan fingerprint density at radius 2 is 1.95 bits per heavy atom. The molecule has 2 N–H and O–H groups in total. The van der Waals surface area contributed by atoms with Crippen LogP contribution >= 0.6 is 11.6 Å². The van der Waals surface area contributed by atoms with Crippen LogP contribution < -0.4 is 4.74 Å². The van der Waals surface area contributed by atoms with Crippen LogP contribution in [0.15, 0.2) is 43.0 Å². The second kappa shape index (κ2) is 5.71. The van der Waals surface area contributed by atoms with E-state index in [9.17, 15) is 10.2 Å². The Hall–Kier alpha value is -2.07. The quantitative estimate of drug-likeness (QED) is 0.653. The van der Waals surface area contributed by atoms with E-state index < -0.39 is 0 Å². The Morgan fingerprint density at radius 1 is 1.26 bits per heavy atom. The molecular weight excluding hydrogens is 266 g/mol. The summed E-state index contributed by atoms with van der Waals surface area (Å²) in [4.78, 5) is 0. The molecule has 2 aromatic rings. The number of aromatic nitrogens is 1. The number of hydrogen-bond donors (Lipinski definition) is 2. The zero-order valence-corrected chi connectivity index (χ0v) is 11.0. The normalized spacial score (nSPS) is 10.4. The molecule has 0 aliphatic carbocycles. The maximum Gasteiger partial charge on any atom is 0.203 e. The maximum atomic E-state index is 9.95. The Labute approximate surface area is 116 Å². The Morgan fingerprint density at radius 3 is 2.47 bits per heavy atom. The summed E-state index contributed by atoms with van der Waals surface area (Å²) in [5.74, 6) is 0.694. The number of halogens is 1. The summed E-state index contributed by atoms with van der Waals surface area (Å²) in [5.41, 5.74) is 1.10. The van der Waals surface area contributed by atoms with Gasteiger partial charge < -0.3 is 14.9 Å². The van der Waals surface area contributed by atoms with Crippen LogP contribution in [0.1, 0.15) is 5.56 Å². The molecule has 0 unspecified atom stereocenters. The molecule has 100 valence electrons. The van der Waals surface area contributed by atoms with Crippen molar-refractivity contribution in [1.29, 1.82) is 0 Å². The molecule has 0 aliphatic heterocycles. The van der Waals surface area contributed by atoms with E-state index in [1.165, 1.54) is 10.6 Å². The topological polar surface area (TPSA) is 54.6 Å². The van der Waals surface area contributed by atoms with Gasteiger partial charge in [-0.05, 0) is 24.3 Å². The molecule has 0 radical (unpaired) electrons. The van der Waals surface area contributed by atoms with E-state index in [2.05, 4.69) is 6.58 Å². The summed E-state index contributed by atoms with van der Waals surface area (Å²) in [6, 6.07) is 8.40. The molecule has 0 spiro atoms. The molecule has 5 heteroatoms. The summed E-state index contributed by atoms with van der Waals surface area (Å²) in [7, 11) is 0. The third kappa shape index (κ3) is 2.69. The molecule has 0 aliphatic rings. The van der Waals surface area contributed by atoms with Gasteiger partial charge in [-0.2, -0.15) is 0 Å². The van der Waals surface area contributed by atoms with Gasteiger partial charge in [0.1, 0.15) is 12.4 Å². The first-order valence-corrected chi connectivity index (χ1v) is 6.23. The van der Waals surface area contributed by atoms with Crippen LogP contribution in [0.2, 0.25) is 0 Å². The number of alkyl halides is 1. The lowest BCUT2D eigenvalue weighted by Crippen LogP contribution is -1.95. The zero-order chi connectivity index (χ0) is 13.8. The predicted octanol–water partition coefficient (Wildman–Crippen LogP) is 3.19. The summed E-state index contributed by atoms with van der Waals surface area (Å²) in [6.07, 6.45) is 1.66. The second-order valence-corrected chi connectivity index (χ2v) is 4.18. The number of hydrogen-bond acceptors (Lipinski definition) is 3. The molecule has 0 saturated heterocycles. The van der Waals surface area contributed by atoms with Crippen molar-refractivity contribution >= 4 is 11.6 Å². The standard InChI is InChI=1S/C14H14ClNO3/c1-2-7-19-12-5-3-11(4-6-12)16-13(17)8-10(9-15)14(16)18/h2-6,8,17-18H,1,7,9H2. The third-order valence-electron chi connectivity index (χ3n) is 2.64. The summed E-state index contributed by atoms with van der Waals surface area (Å²) in [5, 5.41) is 19.8. The molecule has 0 saturated carbocycles. The molecule has 4 nitrogen and oxygen atoms in total. The molecular formula is C14H14ClNO3. The van der Waals surface area contributed by atoms with Gasteiger partial charge in [-0.15, -0.1) is 11.6 Å². The highest BCUT2D eigenvalue weighted by molar-refractivity contribution is 6.17. The lowest BCUT2D eigenvalue weighted by Gasteiger charge is -2.08. The number of benzene rings is 1. The summed E-state index contributed by atoms with van der Waals surface area (Å²) < 4.78 is 6.67. The fourth-order valence-corrected chi connectivity index (χ4v) is 1.93. The van der Waals surface area contributed by atoms with Crippen LogP contribution in [0.4, 0.5) is 0 Å². The van der Waals surface area contributed by atoms with E-state index >= 15 is 0 Å². The first-order valence-electron chi connectivity index (χ1n) is 5.70. The number of nitrogens with zero attached hydrogens (tertiary/aromatic N) is 1. The van der Waals surface area contributed by atoms with Gasteiger partial charge in [0, 0.05) is 11.6 Å². The van der Waals surface area contributed by atoms with E-state index in [1.54, 1.807) is 30.3 Å². The number of ether oxygens (including phenoxy) is 1. The monoisotopic (exact) mass is 279 g/mol. The van der Waals surface area contributed by atoms with Gasteiger partial charge in [0.15, 0.2) is 5.88 Å². The lowest BCUT2D eigenvalue weighted by atomic mass is 10.3. The highest BCUT2D eigenvalue weighted by atomic mass is 35.5. The first kappa shape index (κ1) is 13.4. The third-order valence-corrected chi connectivity index (χ3v) is 2.93.